The van der Waals surface area contributed by atoms with E-state index in [1.807, 2.05) is 20.0 Å². The molecule has 0 bridgehead atoms. The number of rotatable bonds is 4. The highest BCUT2D eigenvalue weighted by atomic mass is 32.1. The standard InChI is InChI=1S/C13H18N4S/c1-9(11-6-5-7-18-11)17(4)13-8-12(14-3)15-10(2)16-13/h5-9H,1-4H3,(H,14,15,16). The molecule has 0 radical (unpaired) electrons. The molecule has 4 nitrogen and oxygen atoms in total. The number of aryl methyl sites for hydroxylation is 1. The summed E-state index contributed by atoms with van der Waals surface area (Å²) in [5.74, 6) is 2.57. The number of nitrogens with zero attached hydrogens (tertiary/aromatic N) is 3. The zero-order valence-corrected chi connectivity index (χ0v) is 12.0. The Morgan fingerprint density at radius 2 is 2.17 bits per heavy atom. The van der Waals surface area contributed by atoms with Crippen molar-refractivity contribution in [2.75, 3.05) is 24.3 Å². The van der Waals surface area contributed by atoms with Gasteiger partial charge in [-0.1, -0.05) is 6.07 Å². The molecule has 0 aromatic carbocycles. The normalized spacial score (nSPS) is 12.2. The molecule has 96 valence electrons. The van der Waals surface area contributed by atoms with Crippen LogP contribution >= 0.6 is 11.3 Å². The van der Waals surface area contributed by atoms with E-state index in [1.54, 1.807) is 11.3 Å². The van der Waals surface area contributed by atoms with Gasteiger partial charge in [-0.15, -0.1) is 11.3 Å². The van der Waals surface area contributed by atoms with E-state index in [4.69, 9.17) is 0 Å². The maximum atomic E-state index is 4.49. The Bertz CT molecular complexity index is 510. The minimum absolute atomic E-state index is 0.309. The number of aromatic nitrogens is 2. The number of anilines is 2. The van der Waals surface area contributed by atoms with Crippen molar-refractivity contribution in [3.05, 3.63) is 34.3 Å². The Morgan fingerprint density at radius 3 is 2.78 bits per heavy atom. The van der Waals surface area contributed by atoms with Crippen molar-refractivity contribution in [1.82, 2.24) is 9.97 Å². The van der Waals surface area contributed by atoms with Crippen LogP contribution in [0.2, 0.25) is 0 Å². The Balaban J connectivity index is 2.28. The third-order valence-electron chi connectivity index (χ3n) is 2.98. The second kappa shape index (κ2) is 5.35. The molecule has 0 saturated heterocycles. The second-order valence-corrected chi connectivity index (χ2v) is 5.19. The zero-order valence-electron chi connectivity index (χ0n) is 11.1. The topological polar surface area (TPSA) is 41.0 Å². The highest BCUT2D eigenvalue weighted by molar-refractivity contribution is 7.10. The van der Waals surface area contributed by atoms with E-state index in [2.05, 4.69) is 51.7 Å². The summed E-state index contributed by atoms with van der Waals surface area (Å²) in [6, 6.07) is 6.51. The number of hydrogen-bond acceptors (Lipinski definition) is 5. The molecule has 1 unspecified atom stereocenters. The molecule has 0 aliphatic heterocycles. The quantitative estimate of drug-likeness (QED) is 0.919. The lowest BCUT2D eigenvalue weighted by molar-refractivity contribution is 0.738. The fourth-order valence-electron chi connectivity index (χ4n) is 1.78. The molecule has 5 heteroatoms. The van der Waals surface area contributed by atoms with Gasteiger partial charge in [0, 0.05) is 25.0 Å². The van der Waals surface area contributed by atoms with Gasteiger partial charge in [-0.25, -0.2) is 9.97 Å². The lowest BCUT2D eigenvalue weighted by atomic mass is 10.2. The van der Waals surface area contributed by atoms with Crippen molar-refractivity contribution in [2.45, 2.75) is 19.9 Å². The molecular weight excluding hydrogens is 244 g/mol. The summed E-state index contributed by atoms with van der Waals surface area (Å²) in [6.07, 6.45) is 0. The molecule has 0 saturated carbocycles. The molecule has 2 aromatic rings. The Labute approximate surface area is 112 Å². The van der Waals surface area contributed by atoms with Crippen molar-refractivity contribution in [1.29, 1.82) is 0 Å². The van der Waals surface area contributed by atoms with Crippen LogP contribution in [0.25, 0.3) is 0 Å². The van der Waals surface area contributed by atoms with Gasteiger partial charge in [0.2, 0.25) is 0 Å². The van der Waals surface area contributed by atoms with Crippen LogP contribution in [0.4, 0.5) is 11.6 Å². The van der Waals surface area contributed by atoms with Gasteiger partial charge in [0.25, 0.3) is 0 Å². The fraction of sp³-hybridized carbons (Fsp3) is 0.385. The Hall–Kier alpha value is -1.62. The molecule has 1 N–H and O–H groups in total. The van der Waals surface area contributed by atoms with Crippen molar-refractivity contribution in [3.63, 3.8) is 0 Å². The molecule has 1 atom stereocenters. The van der Waals surface area contributed by atoms with E-state index < -0.39 is 0 Å². The van der Waals surface area contributed by atoms with Gasteiger partial charge >= 0.3 is 0 Å². The molecule has 0 aliphatic carbocycles. The second-order valence-electron chi connectivity index (χ2n) is 4.21. The van der Waals surface area contributed by atoms with Gasteiger partial charge in [-0.3, -0.25) is 0 Å². The van der Waals surface area contributed by atoms with Crippen LogP contribution < -0.4 is 10.2 Å². The lowest BCUT2D eigenvalue weighted by Gasteiger charge is -2.25. The predicted molar refractivity (Wildman–Crippen MR) is 77.5 cm³/mol. The zero-order chi connectivity index (χ0) is 13.1. The average molecular weight is 262 g/mol. The largest absolute Gasteiger partial charge is 0.373 e. The molecule has 2 heterocycles. The third kappa shape index (κ3) is 2.61. The van der Waals surface area contributed by atoms with Crippen LogP contribution in [0.5, 0.6) is 0 Å². The molecule has 0 amide bonds. The lowest BCUT2D eigenvalue weighted by Crippen LogP contribution is -2.22. The van der Waals surface area contributed by atoms with Crippen LogP contribution in [0, 0.1) is 6.92 Å². The summed E-state index contributed by atoms with van der Waals surface area (Å²) in [6.45, 7) is 4.09. The predicted octanol–water partition coefficient (Wildman–Crippen LogP) is 3.09. The molecular formula is C13H18N4S. The van der Waals surface area contributed by atoms with E-state index in [9.17, 15) is 0 Å². The van der Waals surface area contributed by atoms with E-state index >= 15 is 0 Å². The Morgan fingerprint density at radius 1 is 1.39 bits per heavy atom. The molecule has 2 rings (SSSR count). The van der Waals surface area contributed by atoms with Crippen molar-refractivity contribution in [2.24, 2.45) is 0 Å². The summed E-state index contributed by atoms with van der Waals surface area (Å²) in [5.41, 5.74) is 0. The van der Waals surface area contributed by atoms with Gasteiger partial charge < -0.3 is 10.2 Å². The van der Waals surface area contributed by atoms with Crippen molar-refractivity contribution < 1.29 is 0 Å². The van der Waals surface area contributed by atoms with E-state index in [1.165, 1.54) is 4.88 Å². The first kappa shape index (κ1) is 12.8. The number of nitrogens with one attached hydrogen (secondary N) is 1. The first-order chi connectivity index (χ1) is 8.61. The van der Waals surface area contributed by atoms with Crippen LogP contribution in [-0.2, 0) is 0 Å². The van der Waals surface area contributed by atoms with E-state index in [0.29, 0.717) is 6.04 Å². The Kier molecular flexibility index (Phi) is 3.81. The molecule has 0 fully saturated rings. The third-order valence-corrected chi connectivity index (χ3v) is 4.02. The van der Waals surface area contributed by atoms with Crippen LogP contribution in [-0.4, -0.2) is 24.1 Å². The molecule has 0 spiro atoms. The summed E-state index contributed by atoms with van der Waals surface area (Å²) < 4.78 is 0. The highest BCUT2D eigenvalue weighted by Crippen LogP contribution is 2.27. The van der Waals surface area contributed by atoms with Crippen LogP contribution in [0.3, 0.4) is 0 Å². The average Bonchev–Trinajstić information content (AvgIpc) is 2.90. The smallest absolute Gasteiger partial charge is 0.134 e. The SMILES string of the molecule is CNc1cc(N(C)C(C)c2cccs2)nc(C)n1. The number of hydrogen-bond donors (Lipinski definition) is 1. The van der Waals surface area contributed by atoms with Crippen molar-refractivity contribution in [3.8, 4) is 0 Å². The maximum Gasteiger partial charge on any atom is 0.134 e. The van der Waals surface area contributed by atoms with Crippen LogP contribution in [0.15, 0.2) is 23.6 Å². The highest BCUT2D eigenvalue weighted by Gasteiger charge is 2.15. The minimum atomic E-state index is 0.309. The first-order valence-electron chi connectivity index (χ1n) is 5.91. The van der Waals surface area contributed by atoms with E-state index in [0.717, 1.165) is 17.5 Å². The summed E-state index contributed by atoms with van der Waals surface area (Å²) >= 11 is 1.77. The number of thiophene rings is 1. The first-order valence-corrected chi connectivity index (χ1v) is 6.79. The monoisotopic (exact) mass is 262 g/mol. The van der Waals surface area contributed by atoms with Gasteiger partial charge in [0.1, 0.15) is 17.5 Å². The van der Waals surface area contributed by atoms with Crippen LogP contribution in [0.1, 0.15) is 23.7 Å². The summed E-state index contributed by atoms with van der Waals surface area (Å²) in [4.78, 5) is 12.3. The van der Waals surface area contributed by atoms with Gasteiger partial charge in [-0.05, 0) is 25.3 Å². The molecule has 0 aliphatic rings. The van der Waals surface area contributed by atoms with E-state index in [-0.39, 0.29) is 0 Å². The summed E-state index contributed by atoms with van der Waals surface area (Å²) in [5, 5.41) is 5.16. The minimum Gasteiger partial charge on any atom is -0.373 e. The van der Waals surface area contributed by atoms with Gasteiger partial charge in [-0.2, -0.15) is 0 Å². The fourth-order valence-corrected chi connectivity index (χ4v) is 2.61. The molecule has 2 aromatic heterocycles. The van der Waals surface area contributed by atoms with Crippen molar-refractivity contribution >= 4 is 23.0 Å². The van der Waals surface area contributed by atoms with Gasteiger partial charge in [0.15, 0.2) is 0 Å². The van der Waals surface area contributed by atoms with Gasteiger partial charge in [0.05, 0.1) is 6.04 Å². The molecule has 18 heavy (non-hydrogen) atoms. The summed E-state index contributed by atoms with van der Waals surface area (Å²) in [7, 11) is 3.93. The maximum absolute atomic E-state index is 4.49.